The lowest BCUT2D eigenvalue weighted by Gasteiger charge is -2.11. The van der Waals surface area contributed by atoms with Crippen LogP contribution in [-0.4, -0.2) is 6.04 Å². The van der Waals surface area contributed by atoms with Crippen LogP contribution in [0.3, 0.4) is 0 Å². The zero-order chi connectivity index (χ0) is 7.84. The van der Waals surface area contributed by atoms with Crippen molar-refractivity contribution in [2.45, 2.75) is 6.04 Å². The van der Waals surface area contributed by atoms with Crippen molar-refractivity contribution in [1.29, 1.82) is 0 Å². The molecule has 0 N–H and O–H groups in total. The van der Waals surface area contributed by atoms with Crippen molar-refractivity contribution in [3.63, 3.8) is 0 Å². The first-order valence-electron chi connectivity index (χ1n) is 3.13. The first-order valence-corrected chi connectivity index (χ1v) is 4.30. The van der Waals surface area contributed by atoms with Gasteiger partial charge in [-0.1, -0.05) is 17.7 Å². The molecule has 11 heavy (non-hydrogen) atoms. The molecule has 0 aromatic carbocycles. The Bertz CT molecular complexity index is 314. The van der Waals surface area contributed by atoms with E-state index >= 15 is 0 Å². The molecule has 0 saturated carbocycles. The lowest BCUT2D eigenvalue weighted by Crippen LogP contribution is -2.05. The largest absolute Gasteiger partial charge is 0.177 e. The predicted octanol–water partition coefficient (Wildman–Crippen LogP) is 3.12. The lowest BCUT2D eigenvalue weighted by atomic mass is 10.0. The van der Waals surface area contributed by atoms with Gasteiger partial charge in [0.05, 0.1) is 11.2 Å². The Kier molecular flexibility index (Phi) is 1.69. The van der Waals surface area contributed by atoms with Gasteiger partial charge in [0.2, 0.25) is 0 Å². The average Bonchev–Trinajstić information content (AvgIpc) is 2.45. The maximum Gasteiger partial charge on any atom is 0.118 e. The van der Waals surface area contributed by atoms with E-state index < -0.39 is 0 Å². The van der Waals surface area contributed by atoms with Gasteiger partial charge in [-0.05, 0) is 22.0 Å². The SMILES string of the molecule is ClC1=C(Br)C=C[C@@H]2N=NC=C12. The van der Waals surface area contributed by atoms with Gasteiger partial charge >= 0.3 is 0 Å². The molecule has 2 aliphatic rings. The summed E-state index contributed by atoms with van der Waals surface area (Å²) in [6.07, 6.45) is 5.55. The standard InChI is InChI=1S/C7H4BrClN2/c8-5-1-2-6-4(7(5)9)3-10-11-6/h1-3,6H/t6-/m0/s1. The molecular weight excluding hydrogens is 227 g/mol. The third-order valence-corrected chi connectivity index (χ3v) is 2.91. The van der Waals surface area contributed by atoms with E-state index in [2.05, 4.69) is 26.2 Å². The number of rotatable bonds is 0. The second-order valence-electron chi connectivity index (χ2n) is 2.28. The number of allylic oxidation sites excluding steroid dienone is 2. The number of azo groups is 1. The van der Waals surface area contributed by atoms with E-state index in [1.54, 1.807) is 6.20 Å². The summed E-state index contributed by atoms with van der Waals surface area (Å²) < 4.78 is 0.897. The third-order valence-electron chi connectivity index (χ3n) is 1.59. The van der Waals surface area contributed by atoms with Crippen molar-refractivity contribution in [2.75, 3.05) is 0 Å². The molecule has 0 spiro atoms. The van der Waals surface area contributed by atoms with Gasteiger partial charge in [-0.3, -0.25) is 0 Å². The Hall–Kier alpha value is -0.410. The second kappa shape index (κ2) is 2.57. The van der Waals surface area contributed by atoms with Gasteiger partial charge in [0.25, 0.3) is 0 Å². The van der Waals surface area contributed by atoms with Crippen LogP contribution >= 0.6 is 27.5 Å². The highest BCUT2D eigenvalue weighted by atomic mass is 79.9. The molecule has 1 atom stereocenters. The number of hydrogen-bond donors (Lipinski definition) is 0. The summed E-state index contributed by atoms with van der Waals surface area (Å²) in [6.45, 7) is 0. The molecule has 0 saturated heterocycles. The smallest absolute Gasteiger partial charge is 0.118 e. The Morgan fingerprint density at radius 2 is 2.36 bits per heavy atom. The van der Waals surface area contributed by atoms with E-state index in [0.29, 0.717) is 5.03 Å². The number of nitrogens with zero attached hydrogens (tertiary/aromatic N) is 2. The molecule has 2 nitrogen and oxygen atoms in total. The van der Waals surface area contributed by atoms with Crippen LogP contribution in [0.5, 0.6) is 0 Å². The van der Waals surface area contributed by atoms with E-state index in [9.17, 15) is 0 Å². The molecule has 0 bridgehead atoms. The van der Waals surface area contributed by atoms with E-state index in [1.165, 1.54) is 0 Å². The molecule has 0 amide bonds. The highest BCUT2D eigenvalue weighted by Gasteiger charge is 2.22. The van der Waals surface area contributed by atoms with Crippen LogP contribution in [0.25, 0.3) is 0 Å². The minimum atomic E-state index is 0.0452. The van der Waals surface area contributed by atoms with Crippen LogP contribution in [0.2, 0.25) is 0 Å². The molecule has 1 aliphatic carbocycles. The van der Waals surface area contributed by atoms with Crippen LogP contribution < -0.4 is 0 Å². The fourth-order valence-electron chi connectivity index (χ4n) is 1.02. The van der Waals surface area contributed by atoms with Gasteiger partial charge in [-0.25, -0.2) is 0 Å². The summed E-state index contributed by atoms with van der Waals surface area (Å²) in [6, 6.07) is 0.0452. The Morgan fingerprint density at radius 3 is 3.18 bits per heavy atom. The van der Waals surface area contributed by atoms with E-state index in [1.807, 2.05) is 12.2 Å². The minimum Gasteiger partial charge on any atom is -0.177 e. The first kappa shape index (κ1) is 7.25. The van der Waals surface area contributed by atoms with Crippen LogP contribution in [0, 0.1) is 0 Å². The molecule has 0 aromatic heterocycles. The molecule has 0 aromatic rings. The Labute approximate surface area is 77.5 Å². The number of hydrogen-bond acceptors (Lipinski definition) is 2. The van der Waals surface area contributed by atoms with Gasteiger partial charge in [-0.2, -0.15) is 10.2 Å². The van der Waals surface area contributed by atoms with E-state index in [-0.39, 0.29) is 6.04 Å². The number of halogens is 2. The van der Waals surface area contributed by atoms with Gasteiger partial charge < -0.3 is 0 Å². The van der Waals surface area contributed by atoms with Gasteiger partial charge in [0, 0.05) is 10.1 Å². The molecule has 0 unspecified atom stereocenters. The average molecular weight is 231 g/mol. The molecule has 1 heterocycles. The Morgan fingerprint density at radius 1 is 1.55 bits per heavy atom. The lowest BCUT2D eigenvalue weighted by molar-refractivity contribution is 0.940. The van der Waals surface area contributed by atoms with Crippen molar-refractivity contribution in [3.05, 3.63) is 33.4 Å². The second-order valence-corrected chi connectivity index (χ2v) is 3.51. The molecule has 0 radical (unpaired) electrons. The van der Waals surface area contributed by atoms with E-state index in [0.717, 1.165) is 10.1 Å². The zero-order valence-corrected chi connectivity index (χ0v) is 7.80. The quantitative estimate of drug-likeness (QED) is 0.612. The summed E-state index contributed by atoms with van der Waals surface area (Å²) in [5.41, 5.74) is 0.973. The van der Waals surface area contributed by atoms with Crippen molar-refractivity contribution >= 4 is 27.5 Å². The number of fused-ring (bicyclic) bond motifs is 1. The summed E-state index contributed by atoms with van der Waals surface area (Å²) >= 11 is 9.29. The predicted molar refractivity (Wildman–Crippen MR) is 47.7 cm³/mol. The van der Waals surface area contributed by atoms with Crippen LogP contribution in [0.4, 0.5) is 0 Å². The monoisotopic (exact) mass is 230 g/mol. The van der Waals surface area contributed by atoms with Crippen molar-refractivity contribution in [3.8, 4) is 0 Å². The van der Waals surface area contributed by atoms with Crippen molar-refractivity contribution in [1.82, 2.24) is 0 Å². The van der Waals surface area contributed by atoms with Crippen LogP contribution in [-0.2, 0) is 0 Å². The fourth-order valence-corrected chi connectivity index (χ4v) is 1.63. The molecule has 56 valence electrons. The minimum absolute atomic E-state index is 0.0452. The van der Waals surface area contributed by atoms with Crippen LogP contribution in [0.15, 0.2) is 43.7 Å². The maximum atomic E-state index is 5.96. The molecule has 4 heteroatoms. The van der Waals surface area contributed by atoms with Gasteiger partial charge in [0.1, 0.15) is 6.04 Å². The topological polar surface area (TPSA) is 24.7 Å². The summed E-state index contributed by atoms with van der Waals surface area (Å²) in [5, 5.41) is 8.44. The van der Waals surface area contributed by atoms with Crippen molar-refractivity contribution < 1.29 is 0 Å². The third kappa shape index (κ3) is 1.08. The first-order chi connectivity index (χ1) is 5.29. The normalized spacial score (nSPS) is 27.5. The van der Waals surface area contributed by atoms with Crippen LogP contribution in [0.1, 0.15) is 0 Å². The van der Waals surface area contributed by atoms with E-state index in [4.69, 9.17) is 11.6 Å². The molecular formula is C7H4BrClN2. The maximum absolute atomic E-state index is 5.96. The zero-order valence-electron chi connectivity index (χ0n) is 5.46. The molecule has 2 rings (SSSR count). The summed E-state index contributed by atoms with van der Waals surface area (Å²) in [4.78, 5) is 0. The summed E-state index contributed by atoms with van der Waals surface area (Å²) in [7, 11) is 0. The highest BCUT2D eigenvalue weighted by molar-refractivity contribution is 9.12. The van der Waals surface area contributed by atoms with Gasteiger partial charge in [-0.15, -0.1) is 0 Å². The fraction of sp³-hybridized carbons (Fsp3) is 0.143. The Balaban J connectivity index is 2.48. The highest BCUT2D eigenvalue weighted by Crippen LogP contribution is 2.35. The van der Waals surface area contributed by atoms with Gasteiger partial charge in [0.15, 0.2) is 0 Å². The summed E-state index contributed by atoms with van der Waals surface area (Å²) in [5.74, 6) is 0. The van der Waals surface area contributed by atoms with Crippen molar-refractivity contribution in [2.24, 2.45) is 10.2 Å². The molecule has 0 fully saturated rings. The molecule has 1 aliphatic heterocycles.